The molecule has 2 aromatic rings. The molecule has 0 saturated carbocycles. The minimum absolute atomic E-state index is 0.00568. The lowest BCUT2D eigenvalue weighted by Gasteiger charge is -2.30. The van der Waals surface area contributed by atoms with Gasteiger partial charge in [-0.2, -0.15) is 0 Å². The maximum Gasteiger partial charge on any atom is 0.263 e. The van der Waals surface area contributed by atoms with E-state index in [-0.39, 0.29) is 22.0 Å². The number of amides is 1. The number of nitrogens with zero attached hydrogens (tertiary/aromatic N) is 3. The lowest BCUT2D eigenvalue weighted by atomic mass is 9.99. The Kier molecular flexibility index (Phi) is 4.87. The third-order valence-electron chi connectivity index (χ3n) is 4.76. The summed E-state index contributed by atoms with van der Waals surface area (Å²) in [4.78, 5) is 14.5. The van der Waals surface area contributed by atoms with Gasteiger partial charge in [-0.05, 0) is 49.4 Å². The topological polar surface area (TPSA) is 101 Å². The monoisotopic (exact) mass is 408 g/mol. The molecule has 0 aliphatic carbocycles. The third-order valence-corrected chi connectivity index (χ3v) is 6.98. The second-order valence-electron chi connectivity index (χ2n) is 6.67. The van der Waals surface area contributed by atoms with E-state index in [2.05, 4.69) is 14.9 Å². The van der Waals surface area contributed by atoms with Gasteiger partial charge in [0.05, 0.1) is 4.90 Å². The summed E-state index contributed by atoms with van der Waals surface area (Å²) in [6.07, 6.45) is 2.00. The van der Waals surface area contributed by atoms with Crippen molar-refractivity contribution in [2.24, 2.45) is 0 Å². The molecule has 0 radical (unpaired) electrons. The van der Waals surface area contributed by atoms with Crippen LogP contribution in [0.5, 0.6) is 0 Å². The van der Waals surface area contributed by atoms with Crippen molar-refractivity contribution in [3.63, 3.8) is 0 Å². The van der Waals surface area contributed by atoms with E-state index in [1.165, 1.54) is 11.3 Å². The predicted octanol–water partition coefficient (Wildman–Crippen LogP) is 1.71. The highest BCUT2D eigenvalue weighted by Gasteiger charge is 2.30. The number of aryl methyl sites for hydroxylation is 1. The van der Waals surface area contributed by atoms with Crippen molar-refractivity contribution >= 4 is 32.4 Å². The Balaban J connectivity index is 1.54. The van der Waals surface area contributed by atoms with Crippen LogP contribution in [0.15, 0.2) is 23.1 Å². The number of ether oxygens (including phenoxy) is 1. The van der Waals surface area contributed by atoms with Gasteiger partial charge in [0, 0.05) is 19.7 Å². The van der Waals surface area contributed by atoms with Gasteiger partial charge in [0.15, 0.2) is 0 Å². The van der Waals surface area contributed by atoms with Crippen LogP contribution >= 0.6 is 11.3 Å². The molecule has 1 fully saturated rings. The Hall–Kier alpha value is -2.04. The number of sulfonamides is 1. The number of benzene rings is 1. The standard InChI is InChI=1S/C17H20N4O4S2/c1-11-18-19-17(26-11)20-27(23,24)14-5-4-12-6-7-21(10-13(12)9-14)16(22)15-3-2-8-25-15/h4-5,9,15H,2-3,6-8,10H2,1H3,(H,19,20)/t15-/m0/s1. The molecule has 1 aromatic heterocycles. The highest BCUT2D eigenvalue weighted by molar-refractivity contribution is 7.93. The summed E-state index contributed by atoms with van der Waals surface area (Å²) in [6.45, 7) is 3.41. The molecule has 8 nitrogen and oxygen atoms in total. The fraction of sp³-hybridized carbons (Fsp3) is 0.471. The van der Waals surface area contributed by atoms with Crippen molar-refractivity contribution in [1.29, 1.82) is 0 Å². The molecule has 1 saturated heterocycles. The van der Waals surface area contributed by atoms with Crippen molar-refractivity contribution < 1.29 is 17.9 Å². The number of carbonyl (C=O) groups excluding carboxylic acids is 1. The first-order valence-electron chi connectivity index (χ1n) is 8.77. The molecule has 10 heteroatoms. The van der Waals surface area contributed by atoms with Crippen molar-refractivity contribution in [3.8, 4) is 0 Å². The summed E-state index contributed by atoms with van der Waals surface area (Å²) < 4.78 is 33.2. The maximum absolute atomic E-state index is 12.6. The van der Waals surface area contributed by atoms with Crippen LogP contribution in [0.3, 0.4) is 0 Å². The summed E-state index contributed by atoms with van der Waals surface area (Å²) in [7, 11) is -3.76. The molecular weight excluding hydrogens is 388 g/mol. The van der Waals surface area contributed by atoms with E-state index in [9.17, 15) is 13.2 Å². The van der Waals surface area contributed by atoms with Gasteiger partial charge in [0.25, 0.3) is 15.9 Å². The van der Waals surface area contributed by atoms with Gasteiger partial charge < -0.3 is 9.64 Å². The van der Waals surface area contributed by atoms with Crippen LogP contribution in [0.2, 0.25) is 0 Å². The van der Waals surface area contributed by atoms with Gasteiger partial charge in [0.2, 0.25) is 5.13 Å². The average molecular weight is 409 g/mol. The first kappa shape index (κ1) is 18.3. The van der Waals surface area contributed by atoms with Gasteiger partial charge in [-0.3, -0.25) is 9.52 Å². The normalized spacial score (nSPS) is 19.7. The van der Waals surface area contributed by atoms with Crippen molar-refractivity contribution in [1.82, 2.24) is 15.1 Å². The molecule has 1 aromatic carbocycles. The molecule has 27 heavy (non-hydrogen) atoms. The quantitative estimate of drug-likeness (QED) is 0.826. The Morgan fingerprint density at radius 2 is 2.19 bits per heavy atom. The SMILES string of the molecule is Cc1nnc(NS(=O)(=O)c2ccc3c(c2)CN(C(=O)[C@@H]2CCCO2)CC3)s1. The first-order valence-corrected chi connectivity index (χ1v) is 11.1. The second-order valence-corrected chi connectivity index (χ2v) is 9.54. The van der Waals surface area contributed by atoms with Crippen LogP contribution in [0.1, 0.15) is 29.0 Å². The Labute approximate surface area is 161 Å². The zero-order valence-corrected chi connectivity index (χ0v) is 16.5. The summed E-state index contributed by atoms with van der Waals surface area (Å²) >= 11 is 1.18. The minimum Gasteiger partial charge on any atom is -0.368 e. The summed E-state index contributed by atoms with van der Waals surface area (Å²) in [6, 6.07) is 5.05. The number of aromatic nitrogens is 2. The smallest absolute Gasteiger partial charge is 0.263 e. The molecule has 2 aliphatic heterocycles. The number of nitrogens with one attached hydrogen (secondary N) is 1. The number of rotatable bonds is 4. The fourth-order valence-electron chi connectivity index (χ4n) is 3.38. The second kappa shape index (κ2) is 7.17. The number of anilines is 1. The molecule has 0 bridgehead atoms. The van der Waals surface area contributed by atoms with Crippen LogP contribution in [0.25, 0.3) is 0 Å². The van der Waals surface area contributed by atoms with Gasteiger partial charge in [-0.25, -0.2) is 8.42 Å². The van der Waals surface area contributed by atoms with E-state index in [1.54, 1.807) is 24.0 Å². The highest BCUT2D eigenvalue weighted by atomic mass is 32.2. The van der Waals surface area contributed by atoms with Crippen LogP contribution in [0, 0.1) is 6.92 Å². The van der Waals surface area contributed by atoms with Crippen molar-refractivity contribution in [2.45, 2.75) is 43.7 Å². The van der Waals surface area contributed by atoms with Crippen LogP contribution in [-0.2, 0) is 32.5 Å². The molecule has 3 heterocycles. The average Bonchev–Trinajstić information content (AvgIpc) is 3.32. The van der Waals surface area contributed by atoms with Crippen molar-refractivity contribution in [3.05, 3.63) is 34.3 Å². The minimum atomic E-state index is -3.76. The third kappa shape index (κ3) is 3.83. The number of carbonyl (C=O) groups is 1. The van der Waals surface area contributed by atoms with E-state index >= 15 is 0 Å². The Morgan fingerprint density at radius 3 is 2.89 bits per heavy atom. The lowest BCUT2D eigenvalue weighted by Crippen LogP contribution is -2.42. The molecule has 1 N–H and O–H groups in total. The van der Waals surface area contributed by atoms with E-state index in [0.717, 1.165) is 24.0 Å². The molecule has 0 unspecified atom stereocenters. The van der Waals surface area contributed by atoms with E-state index in [1.807, 2.05) is 6.07 Å². The zero-order chi connectivity index (χ0) is 19.0. The van der Waals surface area contributed by atoms with Gasteiger partial charge in [-0.1, -0.05) is 17.4 Å². The first-order chi connectivity index (χ1) is 12.9. The maximum atomic E-state index is 12.6. The van der Waals surface area contributed by atoms with E-state index in [4.69, 9.17) is 4.74 Å². The number of hydrogen-bond acceptors (Lipinski definition) is 7. The number of fused-ring (bicyclic) bond motifs is 1. The molecule has 1 amide bonds. The Morgan fingerprint density at radius 1 is 1.33 bits per heavy atom. The molecule has 144 valence electrons. The van der Waals surface area contributed by atoms with Gasteiger partial charge in [-0.15, -0.1) is 10.2 Å². The molecule has 0 spiro atoms. The van der Waals surface area contributed by atoms with Crippen LogP contribution in [-0.4, -0.2) is 48.7 Å². The molecular formula is C17H20N4O4S2. The molecule has 2 aliphatic rings. The van der Waals surface area contributed by atoms with E-state index in [0.29, 0.717) is 31.1 Å². The predicted molar refractivity (Wildman–Crippen MR) is 100.0 cm³/mol. The van der Waals surface area contributed by atoms with Crippen molar-refractivity contribution in [2.75, 3.05) is 17.9 Å². The summed E-state index contributed by atoms with van der Waals surface area (Å²) in [5.74, 6) is -0.00568. The highest BCUT2D eigenvalue weighted by Crippen LogP contribution is 2.26. The molecule has 4 rings (SSSR count). The lowest BCUT2D eigenvalue weighted by molar-refractivity contribution is -0.141. The zero-order valence-electron chi connectivity index (χ0n) is 14.8. The van der Waals surface area contributed by atoms with Gasteiger partial charge in [0.1, 0.15) is 11.1 Å². The van der Waals surface area contributed by atoms with Crippen LogP contribution in [0.4, 0.5) is 5.13 Å². The summed E-state index contributed by atoms with van der Waals surface area (Å²) in [5, 5.41) is 8.54. The molecule has 1 atom stereocenters. The Bertz CT molecular complexity index is 967. The van der Waals surface area contributed by atoms with Gasteiger partial charge >= 0.3 is 0 Å². The largest absolute Gasteiger partial charge is 0.368 e. The summed E-state index contributed by atoms with van der Waals surface area (Å²) in [5.41, 5.74) is 1.92. The number of hydrogen-bond donors (Lipinski definition) is 1. The van der Waals surface area contributed by atoms with E-state index < -0.39 is 10.0 Å². The van der Waals surface area contributed by atoms with Crippen LogP contribution < -0.4 is 4.72 Å². The fourth-order valence-corrected chi connectivity index (χ4v) is 5.25.